The van der Waals surface area contributed by atoms with Crippen molar-refractivity contribution in [3.63, 3.8) is 0 Å². The summed E-state index contributed by atoms with van der Waals surface area (Å²) in [7, 11) is 5.12. The Morgan fingerprint density at radius 1 is 1.29 bits per heavy atom. The number of amides is 1. The third-order valence-corrected chi connectivity index (χ3v) is 2.88. The normalized spacial score (nSPS) is 10.1. The molecule has 0 aliphatic heterocycles. The number of pyridine rings is 1. The van der Waals surface area contributed by atoms with Crippen molar-refractivity contribution in [3.8, 4) is 5.75 Å². The summed E-state index contributed by atoms with van der Waals surface area (Å²) in [5, 5.41) is 2.66. The first-order valence-electron chi connectivity index (χ1n) is 6.29. The van der Waals surface area contributed by atoms with Crippen molar-refractivity contribution in [3.05, 3.63) is 47.9 Å². The van der Waals surface area contributed by atoms with Gasteiger partial charge in [0.2, 0.25) is 0 Å². The van der Waals surface area contributed by atoms with Gasteiger partial charge in [0, 0.05) is 19.7 Å². The number of hydrogen-bond donors (Lipinski definition) is 1. The first-order valence-corrected chi connectivity index (χ1v) is 6.29. The van der Waals surface area contributed by atoms with Gasteiger partial charge in [-0.15, -0.1) is 0 Å². The second-order valence-electron chi connectivity index (χ2n) is 4.60. The van der Waals surface area contributed by atoms with Crippen LogP contribution in [0, 0.1) is 5.82 Å². The topological polar surface area (TPSA) is 54.5 Å². The summed E-state index contributed by atoms with van der Waals surface area (Å²) >= 11 is 0. The predicted molar refractivity (Wildman–Crippen MR) is 79.5 cm³/mol. The Bertz CT molecular complexity index is 642. The number of carbonyl (C=O) groups excluding carboxylic acids is 1. The number of anilines is 2. The number of carbonyl (C=O) groups is 1. The fourth-order valence-electron chi connectivity index (χ4n) is 1.74. The standard InChI is InChI=1S/C15H16FN3O2/c1-19(2)14-7-5-11(9-17-14)18-15(20)10-4-6-13(21-3)12(16)8-10/h4-9H,1-3H3,(H,18,20). The van der Waals surface area contributed by atoms with E-state index in [-0.39, 0.29) is 11.3 Å². The summed E-state index contributed by atoms with van der Waals surface area (Å²) in [5.74, 6) is -0.103. The van der Waals surface area contributed by atoms with Crippen LogP contribution < -0.4 is 15.0 Å². The van der Waals surface area contributed by atoms with Gasteiger partial charge in [-0.25, -0.2) is 9.37 Å². The first-order chi connectivity index (χ1) is 10.0. The maximum atomic E-state index is 13.6. The minimum atomic E-state index is -0.578. The van der Waals surface area contributed by atoms with Crippen molar-refractivity contribution in [2.45, 2.75) is 0 Å². The zero-order valence-electron chi connectivity index (χ0n) is 12.1. The predicted octanol–water partition coefficient (Wildman–Crippen LogP) is 2.55. The Morgan fingerprint density at radius 3 is 2.57 bits per heavy atom. The molecule has 0 aliphatic carbocycles. The number of nitrogens with zero attached hydrogens (tertiary/aromatic N) is 2. The highest BCUT2D eigenvalue weighted by Crippen LogP contribution is 2.19. The van der Waals surface area contributed by atoms with E-state index in [2.05, 4.69) is 10.3 Å². The maximum Gasteiger partial charge on any atom is 0.255 e. The van der Waals surface area contributed by atoms with E-state index >= 15 is 0 Å². The lowest BCUT2D eigenvalue weighted by molar-refractivity contribution is 0.102. The highest BCUT2D eigenvalue weighted by atomic mass is 19.1. The van der Waals surface area contributed by atoms with Crippen molar-refractivity contribution in [2.75, 3.05) is 31.4 Å². The fraction of sp³-hybridized carbons (Fsp3) is 0.200. The monoisotopic (exact) mass is 289 g/mol. The highest BCUT2D eigenvalue weighted by molar-refractivity contribution is 6.04. The molecular weight excluding hydrogens is 273 g/mol. The van der Waals surface area contributed by atoms with Crippen LogP contribution in [0.5, 0.6) is 5.75 Å². The average molecular weight is 289 g/mol. The highest BCUT2D eigenvalue weighted by Gasteiger charge is 2.10. The van der Waals surface area contributed by atoms with Crippen LogP contribution in [0.1, 0.15) is 10.4 Å². The molecule has 5 nitrogen and oxygen atoms in total. The molecule has 0 aliphatic rings. The number of methoxy groups -OCH3 is 1. The van der Waals surface area contributed by atoms with Crippen LogP contribution in [-0.2, 0) is 0 Å². The third-order valence-electron chi connectivity index (χ3n) is 2.88. The Hall–Kier alpha value is -2.63. The molecular formula is C15H16FN3O2. The molecule has 2 aromatic rings. The summed E-state index contributed by atoms with van der Waals surface area (Å²) < 4.78 is 18.4. The quantitative estimate of drug-likeness (QED) is 0.940. The van der Waals surface area contributed by atoms with Gasteiger partial charge in [0.25, 0.3) is 5.91 Å². The van der Waals surface area contributed by atoms with Gasteiger partial charge >= 0.3 is 0 Å². The molecule has 0 spiro atoms. The largest absolute Gasteiger partial charge is 0.494 e. The van der Waals surface area contributed by atoms with E-state index in [4.69, 9.17) is 4.74 Å². The van der Waals surface area contributed by atoms with Gasteiger partial charge in [0.15, 0.2) is 11.6 Å². The SMILES string of the molecule is COc1ccc(C(=O)Nc2ccc(N(C)C)nc2)cc1F. The minimum absolute atomic E-state index is 0.101. The average Bonchev–Trinajstić information content (AvgIpc) is 2.47. The van der Waals surface area contributed by atoms with Crippen molar-refractivity contribution < 1.29 is 13.9 Å². The van der Waals surface area contributed by atoms with E-state index in [0.717, 1.165) is 11.9 Å². The second kappa shape index (κ2) is 6.21. The first kappa shape index (κ1) is 14.8. The number of rotatable bonds is 4. The van der Waals surface area contributed by atoms with Crippen LogP contribution >= 0.6 is 0 Å². The Labute approximate surface area is 122 Å². The van der Waals surface area contributed by atoms with Crippen LogP contribution in [0.3, 0.4) is 0 Å². The minimum Gasteiger partial charge on any atom is -0.494 e. The summed E-state index contributed by atoms with van der Waals surface area (Å²) in [6, 6.07) is 7.57. The molecule has 1 aromatic heterocycles. The molecule has 0 atom stereocenters. The Morgan fingerprint density at radius 2 is 2.05 bits per heavy atom. The van der Waals surface area contributed by atoms with E-state index in [1.165, 1.54) is 19.2 Å². The number of hydrogen-bond acceptors (Lipinski definition) is 4. The Kier molecular flexibility index (Phi) is 4.37. The molecule has 0 bridgehead atoms. The van der Waals surface area contributed by atoms with Gasteiger partial charge in [-0.3, -0.25) is 4.79 Å². The summed E-state index contributed by atoms with van der Waals surface area (Å²) in [6.45, 7) is 0. The van der Waals surface area contributed by atoms with Crippen LogP contribution in [-0.4, -0.2) is 32.1 Å². The van der Waals surface area contributed by atoms with E-state index in [1.807, 2.05) is 19.0 Å². The molecule has 1 amide bonds. The van der Waals surface area contributed by atoms with Gasteiger partial charge in [-0.2, -0.15) is 0 Å². The smallest absolute Gasteiger partial charge is 0.255 e. The molecule has 6 heteroatoms. The van der Waals surface area contributed by atoms with Crippen molar-refractivity contribution in [1.29, 1.82) is 0 Å². The molecule has 0 unspecified atom stereocenters. The van der Waals surface area contributed by atoms with Gasteiger partial charge in [0.05, 0.1) is 19.0 Å². The van der Waals surface area contributed by atoms with Crippen molar-refractivity contribution >= 4 is 17.4 Å². The number of ether oxygens (including phenoxy) is 1. The van der Waals surface area contributed by atoms with E-state index in [1.54, 1.807) is 18.3 Å². The summed E-state index contributed by atoms with van der Waals surface area (Å²) in [5.41, 5.74) is 0.756. The molecule has 110 valence electrons. The van der Waals surface area contributed by atoms with E-state index in [0.29, 0.717) is 5.69 Å². The summed E-state index contributed by atoms with van der Waals surface area (Å²) in [6.07, 6.45) is 1.55. The van der Waals surface area contributed by atoms with E-state index in [9.17, 15) is 9.18 Å². The lowest BCUT2D eigenvalue weighted by atomic mass is 10.2. The molecule has 0 radical (unpaired) electrons. The molecule has 1 aromatic carbocycles. The second-order valence-corrected chi connectivity index (χ2v) is 4.60. The van der Waals surface area contributed by atoms with Crippen molar-refractivity contribution in [1.82, 2.24) is 4.98 Å². The molecule has 0 saturated heterocycles. The zero-order chi connectivity index (χ0) is 15.4. The van der Waals surface area contributed by atoms with Crippen LogP contribution in [0.4, 0.5) is 15.9 Å². The summed E-state index contributed by atoms with van der Waals surface area (Å²) in [4.78, 5) is 18.1. The third kappa shape index (κ3) is 3.47. The van der Waals surface area contributed by atoms with E-state index < -0.39 is 11.7 Å². The lowest BCUT2D eigenvalue weighted by Crippen LogP contribution is -2.14. The molecule has 21 heavy (non-hydrogen) atoms. The van der Waals surface area contributed by atoms with Gasteiger partial charge in [0.1, 0.15) is 5.82 Å². The van der Waals surface area contributed by atoms with Gasteiger partial charge < -0.3 is 15.0 Å². The number of benzene rings is 1. The maximum absolute atomic E-state index is 13.6. The molecule has 0 fully saturated rings. The van der Waals surface area contributed by atoms with Crippen molar-refractivity contribution in [2.24, 2.45) is 0 Å². The molecule has 0 saturated carbocycles. The number of aromatic nitrogens is 1. The lowest BCUT2D eigenvalue weighted by Gasteiger charge is -2.12. The zero-order valence-corrected chi connectivity index (χ0v) is 12.1. The van der Waals surface area contributed by atoms with Crippen LogP contribution in [0.15, 0.2) is 36.5 Å². The van der Waals surface area contributed by atoms with Crippen LogP contribution in [0.25, 0.3) is 0 Å². The molecule has 2 rings (SSSR count). The molecule has 1 N–H and O–H groups in total. The number of halogens is 1. The molecule has 1 heterocycles. The van der Waals surface area contributed by atoms with Gasteiger partial charge in [-0.05, 0) is 30.3 Å². The fourth-order valence-corrected chi connectivity index (χ4v) is 1.74. The van der Waals surface area contributed by atoms with Gasteiger partial charge in [-0.1, -0.05) is 0 Å². The Balaban J connectivity index is 2.12. The van der Waals surface area contributed by atoms with Crippen LogP contribution in [0.2, 0.25) is 0 Å². The number of nitrogens with one attached hydrogen (secondary N) is 1.